The van der Waals surface area contributed by atoms with Crippen molar-refractivity contribution in [1.82, 2.24) is 19.7 Å². The minimum Gasteiger partial charge on any atom is -0.480 e. The van der Waals surface area contributed by atoms with E-state index in [9.17, 15) is 9.59 Å². The van der Waals surface area contributed by atoms with Gasteiger partial charge in [0.25, 0.3) is 5.91 Å². The zero-order chi connectivity index (χ0) is 17.9. The van der Waals surface area contributed by atoms with Crippen molar-refractivity contribution in [3.63, 3.8) is 0 Å². The average molecular weight is 371 g/mol. The van der Waals surface area contributed by atoms with Crippen molar-refractivity contribution in [2.24, 2.45) is 0 Å². The normalized spacial score (nSPS) is 10.7. The lowest BCUT2D eigenvalue weighted by Gasteiger charge is -2.16. The zero-order valence-corrected chi connectivity index (χ0v) is 14.7. The number of carbonyl (C=O) groups excluding carboxylic acids is 1. The molecule has 0 spiro atoms. The topological polar surface area (TPSA) is 88.3 Å². The highest BCUT2D eigenvalue weighted by Crippen LogP contribution is 2.28. The molecule has 0 aliphatic carbocycles. The first-order valence-corrected chi connectivity index (χ1v) is 8.06. The molecule has 1 amide bonds. The number of carbonyl (C=O) groups is 2. The summed E-state index contributed by atoms with van der Waals surface area (Å²) in [5.41, 5.74) is 0.436. The molecule has 0 radical (unpaired) electrons. The highest BCUT2D eigenvalue weighted by atomic mass is 35.5. The lowest BCUT2D eigenvalue weighted by Crippen LogP contribution is -2.36. The van der Waals surface area contributed by atoms with Crippen LogP contribution in [0.5, 0.6) is 0 Å². The van der Waals surface area contributed by atoms with Gasteiger partial charge in [-0.2, -0.15) is 0 Å². The molecular weight excluding hydrogens is 355 g/mol. The van der Waals surface area contributed by atoms with Gasteiger partial charge < -0.3 is 10.0 Å². The number of benzene rings is 1. The van der Waals surface area contributed by atoms with Crippen molar-refractivity contribution in [3.8, 4) is 5.69 Å². The number of para-hydroxylation sites is 1. The maximum Gasteiger partial charge on any atom is 0.323 e. The summed E-state index contributed by atoms with van der Waals surface area (Å²) in [5.74, 6) is -1.25. The number of carboxylic acid groups (broad SMARTS) is 1. The third-order valence-electron chi connectivity index (χ3n) is 3.33. The van der Waals surface area contributed by atoms with Gasteiger partial charge >= 0.3 is 5.97 Å². The molecule has 1 aromatic heterocycles. The quantitative estimate of drug-likeness (QED) is 0.844. The van der Waals surface area contributed by atoms with E-state index in [1.807, 2.05) is 6.92 Å². The second-order valence-corrected chi connectivity index (χ2v) is 5.71. The molecule has 7 nitrogen and oxygen atoms in total. The summed E-state index contributed by atoms with van der Waals surface area (Å²) < 4.78 is 1.42. The van der Waals surface area contributed by atoms with Crippen LogP contribution in [-0.2, 0) is 11.2 Å². The van der Waals surface area contributed by atoms with Crippen molar-refractivity contribution in [1.29, 1.82) is 0 Å². The third kappa shape index (κ3) is 3.68. The molecule has 2 aromatic rings. The van der Waals surface area contributed by atoms with Gasteiger partial charge in [-0.1, -0.05) is 36.2 Å². The molecule has 1 N–H and O–H groups in total. The number of likely N-dealkylation sites (N-methyl/N-ethyl adjacent to an activating group) is 1. The number of rotatable bonds is 6. The lowest BCUT2D eigenvalue weighted by molar-refractivity contribution is -0.137. The van der Waals surface area contributed by atoms with E-state index in [1.165, 1.54) is 4.68 Å². The fraction of sp³-hybridized carbons (Fsp3) is 0.333. The molecule has 1 heterocycles. The molecular formula is C15H16Cl2N4O3. The highest BCUT2D eigenvalue weighted by Gasteiger charge is 2.24. The van der Waals surface area contributed by atoms with Gasteiger partial charge in [-0.25, -0.2) is 9.67 Å². The van der Waals surface area contributed by atoms with Crippen LogP contribution >= 0.6 is 23.2 Å². The van der Waals surface area contributed by atoms with E-state index in [2.05, 4.69) is 10.1 Å². The molecule has 1 aromatic carbocycles. The number of amides is 1. The van der Waals surface area contributed by atoms with Crippen LogP contribution in [0.4, 0.5) is 0 Å². The molecule has 9 heteroatoms. The van der Waals surface area contributed by atoms with Crippen LogP contribution in [0.25, 0.3) is 5.69 Å². The van der Waals surface area contributed by atoms with Crippen molar-refractivity contribution in [2.75, 3.05) is 13.1 Å². The van der Waals surface area contributed by atoms with Crippen molar-refractivity contribution >= 4 is 35.1 Å². The summed E-state index contributed by atoms with van der Waals surface area (Å²) in [6.45, 7) is 3.35. The fourth-order valence-electron chi connectivity index (χ4n) is 2.17. The lowest BCUT2D eigenvalue weighted by atomic mass is 10.3. The molecule has 0 bridgehead atoms. The Labute approximate surface area is 148 Å². The van der Waals surface area contributed by atoms with Crippen LogP contribution in [0.15, 0.2) is 18.2 Å². The number of hydrogen-bond acceptors (Lipinski definition) is 4. The standard InChI is InChI=1S/C15H16Cl2N4O3/c1-3-11-18-14(15(24)20(4-2)8-12(22)23)19-21(11)13-9(16)6-5-7-10(13)17/h5-7H,3-4,8H2,1-2H3,(H,22,23). The largest absolute Gasteiger partial charge is 0.480 e. The Morgan fingerprint density at radius 1 is 1.25 bits per heavy atom. The molecule has 0 unspecified atom stereocenters. The van der Waals surface area contributed by atoms with Gasteiger partial charge in [0.15, 0.2) is 0 Å². The van der Waals surface area contributed by atoms with Crippen molar-refractivity contribution < 1.29 is 14.7 Å². The Kier molecular flexibility index (Phi) is 5.80. The Morgan fingerprint density at radius 3 is 2.38 bits per heavy atom. The van der Waals surface area contributed by atoms with Crippen LogP contribution in [-0.4, -0.2) is 49.7 Å². The minimum absolute atomic E-state index is 0.0917. The van der Waals surface area contributed by atoms with E-state index >= 15 is 0 Å². The summed E-state index contributed by atoms with van der Waals surface area (Å²) in [4.78, 5) is 28.7. The third-order valence-corrected chi connectivity index (χ3v) is 3.94. The Morgan fingerprint density at radius 2 is 1.88 bits per heavy atom. The molecule has 2 rings (SSSR count). The fourth-order valence-corrected chi connectivity index (χ4v) is 2.72. The van der Waals surface area contributed by atoms with Gasteiger partial charge in [0.1, 0.15) is 18.1 Å². The van der Waals surface area contributed by atoms with Crippen LogP contribution in [0.3, 0.4) is 0 Å². The van der Waals surface area contributed by atoms with Gasteiger partial charge in [-0.05, 0) is 19.1 Å². The molecule has 0 fully saturated rings. The minimum atomic E-state index is -1.10. The maximum atomic E-state index is 12.5. The summed E-state index contributed by atoms with van der Waals surface area (Å²) in [6, 6.07) is 5.02. The second-order valence-electron chi connectivity index (χ2n) is 4.90. The van der Waals surface area contributed by atoms with E-state index < -0.39 is 18.4 Å². The summed E-state index contributed by atoms with van der Waals surface area (Å²) in [6.07, 6.45) is 0.493. The molecule has 24 heavy (non-hydrogen) atoms. The predicted molar refractivity (Wildman–Crippen MR) is 90.0 cm³/mol. The number of aliphatic carboxylic acids is 1. The molecule has 0 aliphatic heterocycles. The van der Waals surface area contributed by atoms with E-state index in [-0.39, 0.29) is 12.4 Å². The second kappa shape index (κ2) is 7.63. The van der Waals surface area contributed by atoms with Gasteiger partial charge in [0.05, 0.1) is 10.0 Å². The molecule has 0 aliphatic rings. The SMILES string of the molecule is CCc1nc(C(=O)N(CC)CC(=O)O)nn1-c1c(Cl)cccc1Cl. The molecule has 0 saturated carbocycles. The van der Waals surface area contributed by atoms with Crippen LogP contribution in [0.2, 0.25) is 10.0 Å². The van der Waals surface area contributed by atoms with E-state index in [4.69, 9.17) is 28.3 Å². The van der Waals surface area contributed by atoms with Crippen LogP contribution < -0.4 is 0 Å². The first kappa shape index (κ1) is 18.2. The summed E-state index contributed by atoms with van der Waals surface area (Å²) >= 11 is 12.4. The van der Waals surface area contributed by atoms with Crippen molar-refractivity contribution in [3.05, 3.63) is 39.9 Å². The van der Waals surface area contributed by atoms with E-state index in [0.29, 0.717) is 28.0 Å². The average Bonchev–Trinajstić information content (AvgIpc) is 2.95. The van der Waals surface area contributed by atoms with E-state index in [0.717, 1.165) is 4.90 Å². The highest BCUT2D eigenvalue weighted by molar-refractivity contribution is 6.37. The molecule has 0 saturated heterocycles. The Bertz CT molecular complexity index is 756. The number of aromatic nitrogens is 3. The van der Waals surface area contributed by atoms with E-state index in [1.54, 1.807) is 25.1 Å². The number of aryl methyl sites for hydroxylation is 1. The van der Waals surface area contributed by atoms with Gasteiger partial charge in [0.2, 0.25) is 5.82 Å². The zero-order valence-electron chi connectivity index (χ0n) is 13.2. The molecule has 0 atom stereocenters. The number of hydrogen-bond donors (Lipinski definition) is 1. The van der Waals surface area contributed by atoms with Gasteiger partial charge in [-0.15, -0.1) is 5.10 Å². The number of halogens is 2. The first-order chi connectivity index (χ1) is 11.4. The Hall–Kier alpha value is -2.12. The van der Waals surface area contributed by atoms with Crippen LogP contribution in [0.1, 0.15) is 30.3 Å². The van der Waals surface area contributed by atoms with Crippen molar-refractivity contribution in [2.45, 2.75) is 20.3 Å². The molecule has 128 valence electrons. The predicted octanol–water partition coefficient (Wildman–Crippen LogP) is 2.68. The number of carboxylic acids is 1. The van der Waals surface area contributed by atoms with Crippen LogP contribution in [0, 0.1) is 0 Å². The Balaban J connectivity index is 2.47. The smallest absolute Gasteiger partial charge is 0.323 e. The maximum absolute atomic E-state index is 12.5. The summed E-state index contributed by atoms with van der Waals surface area (Å²) in [7, 11) is 0. The summed E-state index contributed by atoms with van der Waals surface area (Å²) in [5, 5.41) is 13.8. The number of nitrogens with zero attached hydrogens (tertiary/aromatic N) is 4. The first-order valence-electron chi connectivity index (χ1n) is 7.30. The monoisotopic (exact) mass is 370 g/mol. The van der Waals surface area contributed by atoms with Gasteiger partial charge in [0, 0.05) is 13.0 Å². The van der Waals surface area contributed by atoms with Gasteiger partial charge in [-0.3, -0.25) is 9.59 Å².